The number of carbonyl (C=O) groups excluding carboxylic acids is 1. The third kappa shape index (κ3) is 21.6. The van der Waals surface area contributed by atoms with E-state index in [0.29, 0.717) is 13.0 Å². The first-order valence-corrected chi connectivity index (χ1v) is 14.8. The van der Waals surface area contributed by atoms with Crippen molar-refractivity contribution < 1.29 is 33.7 Å². The van der Waals surface area contributed by atoms with Gasteiger partial charge in [0.25, 0.3) is 0 Å². The van der Waals surface area contributed by atoms with Gasteiger partial charge in [-0.1, -0.05) is 69.9 Å². The Hall–Kier alpha value is -4.11. The van der Waals surface area contributed by atoms with Gasteiger partial charge in [-0.3, -0.25) is 9.59 Å². The molecule has 0 radical (unpaired) electrons. The summed E-state index contributed by atoms with van der Waals surface area (Å²) in [5.74, 6) is -0.0903. The largest absolute Gasteiger partial charge is 0.505 e. The fourth-order valence-corrected chi connectivity index (χ4v) is 3.50. The van der Waals surface area contributed by atoms with Gasteiger partial charge in [-0.25, -0.2) is 4.39 Å². The molecule has 1 aliphatic carbocycles. The number of likely N-dealkylation sites (N-methyl/N-ethyl adjacent to an activating group) is 2. The molecule has 44 heavy (non-hydrogen) atoms. The van der Waals surface area contributed by atoms with Crippen molar-refractivity contribution in [3.63, 3.8) is 0 Å². The molecule has 0 aromatic heterocycles. The average Bonchev–Trinajstić information content (AvgIpc) is 3.26. The molecule has 1 aliphatic rings. The van der Waals surface area contributed by atoms with Crippen molar-refractivity contribution in [1.82, 2.24) is 9.80 Å². The standard InChI is InChI=1S/C20H32N2O4.C7H10O.C6H5FO.C2H6/c1-4-21(2)15-18(22(3)16-23)13-14-26-19-9-5-7-17(11-12-19)8-6-10-20(24)25;1-4-6-7(5-2)8-3;7-5-3-1-2-4-6(5)8;1-2/h5,9,11-12,16,18H,4,6-8,10,13-15H2,1-3H3,(H,24,25);4-6H,1-2H2,3H3;1-4,8H;1-2H3/b;7-6+;;/t18-;;;/m0.../s1. The lowest BCUT2D eigenvalue weighted by atomic mass is 10.1. The molecule has 2 N–H and O–H groups in total. The number of phenolic OH excluding ortho intramolecular Hbond substituents is 1. The molecule has 1 aromatic rings. The third-order valence-corrected chi connectivity index (χ3v) is 6.13. The smallest absolute Gasteiger partial charge is 0.303 e. The molecule has 2 rings (SSSR count). The van der Waals surface area contributed by atoms with Crippen molar-refractivity contribution in [1.29, 1.82) is 0 Å². The van der Waals surface area contributed by atoms with Crippen LogP contribution in [-0.2, 0) is 19.1 Å². The first kappa shape index (κ1) is 42.0. The number of carboxylic acids is 1. The number of hydrogen-bond donors (Lipinski definition) is 2. The summed E-state index contributed by atoms with van der Waals surface area (Å²) in [6.07, 6.45) is 17.1. The van der Waals surface area contributed by atoms with Crippen LogP contribution in [0.3, 0.4) is 0 Å². The van der Waals surface area contributed by atoms with E-state index in [0.717, 1.165) is 50.3 Å². The summed E-state index contributed by atoms with van der Waals surface area (Å²) in [4.78, 5) is 25.6. The summed E-state index contributed by atoms with van der Waals surface area (Å²) in [5, 5.41) is 17.3. The van der Waals surface area contributed by atoms with Crippen LogP contribution in [0.25, 0.3) is 0 Å². The summed E-state index contributed by atoms with van der Waals surface area (Å²) in [6, 6.07) is 5.72. The van der Waals surface area contributed by atoms with Gasteiger partial charge in [0, 0.05) is 32.5 Å². The average molecular weight is 617 g/mol. The second-order valence-electron chi connectivity index (χ2n) is 9.33. The fraction of sp³-hybridized carbons (Fsp3) is 0.429. The van der Waals surface area contributed by atoms with E-state index in [4.69, 9.17) is 19.7 Å². The predicted molar refractivity (Wildman–Crippen MR) is 178 cm³/mol. The van der Waals surface area contributed by atoms with Gasteiger partial charge in [0.15, 0.2) is 11.6 Å². The number of aliphatic carboxylic acids is 1. The van der Waals surface area contributed by atoms with Crippen LogP contribution in [0.4, 0.5) is 4.39 Å². The molecule has 9 heteroatoms. The number of para-hydroxylation sites is 1. The second-order valence-corrected chi connectivity index (χ2v) is 9.33. The Labute approximate surface area is 264 Å². The summed E-state index contributed by atoms with van der Waals surface area (Å²) in [6.45, 7) is 15.4. The fourth-order valence-electron chi connectivity index (χ4n) is 3.50. The van der Waals surface area contributed by atoms with E-state index in [2.05, 4.69) is 25.0 Å². The molecule has 1 amide bonds. The van der Waals surface area contributed by atoms with Crippen molar-refractivity contribution in [2.45, 2.75) is 58.9 Å². The van der Waals surface area contributed by atoms with Crippen molar-refractivity contribution in [3.8, 4) is 5.75 Å². The van der Waals surface area contributed by atoms with E-state index in [1.807, 2.05) is 45.2 Å². The topological polar surface area (TPSA) is 99.5 Å². The highest BCUT2D eigenvalue weighted by Gasteiger charge is 2.15. The summed E-state index contributed by atoms with van der Waals surface area (Å²) >= 11 is 0. The number of aromatic hydroxyl groups is 1. The number of rotatable bonds is 16. The number of halogens is 1. The van der Waals surface area contributed by atoms with E-state index in [1.165, 1.54) is 23.8 Å². The van der Waals surface area contributed by atoms with Crippen LogP contribution in [0, 0.1) is 5.82 Å². The number of allylic oxidation sites excluding steroid dienone is 8. The normalized spacial score (nSPS) is 12.6. The molecule has 0 spiro atoms. The van der Waals surface area contributed by atoms with Gasteiger partial charge >= 0.3 is 5.97 Å². The maximum Gasteiger partial charge on any atom is 0.303 e. The summed E-state index contributed by atoms with van der Waals surface area (Å²) in [7, 11) is 5.44. The minimum Gasteiger partial charge on any atom is -0.505 e. The van der Waals surface area contributed by atoms with Crippen LogP contribution in [0.5, 0.6) is 5.75 Å². The molecule has 0 heterocycles. The molecule has 1 aromatic carbocycles. The Bertz CT molecular complexity index is 1060. The molecule has 0 unspecified atom stereocenters. The zero-order chi connectivity index (χ0) is 33.8. The van der Waals surface area contributed by atoms with Gasteiger partial charge in [0.05, 0.1) is 13.7 Å². The van der Waals surface area contributed by atoms with E-state index in [-0.39, 0.29) is 18.2 Å². The van der Waals surface area contributed by atoms with Crippen LogP contribution < -0.4 is 0 Å². The maximum absolute atomic E-state index is 12.1. The van der Waals surface area contributed by atoms with Crippen molar-refractivity contribution >= 4 is 12.4 Å². The minimum absolute atomic E-state index is 0.120. The minimum atomic E-state index is -0.752. The van der Waals surface area contributed by atoms with Crippen LogP contribution in [-0.4, -0.2) is 79.3 Å². The highest BCUT2D eigenvalue weighted by Crippen LogP contribution is 2.18. The molecule has 246 valence electrons. The Morgan fingerprint density at radius 1 is 1.18 bits per heavy atom. The highest BCUT2D eigenvalue weighted by molar-refractivity contribution is 5.66. The van der Waals surface area contributed by atoms with E-state index >= 15 is 0 Å². The van der Waals surface area contributed by atoms with Gasteiger partial charge in [0.2, 0.25) is 6.41 Å². The van der Waals surface area contributed by atoms with E-state index in [9.17, 15) is 14.0 Å². The molecular formula is C35H53FN2O6. The Balaban J connectivity index is 0. The number of ether oxygens (including phenoxy) is 2. The zero-order valence-electron chi connectivity index (χ0n) is 27.4. The zero-order valence-corrected chi connectivity index (χ0v) is 27.4. The molecular weight excluding hydrogens is 563 g/mol. The number of nitrogens with zero attached hydrogens (tertiary/aromatic N) is 2. The van der Waals surface area contributed by atoms with Crippen molar-refractivity contribution in [2.24, 2.45) is 0 Å². The number of benzene rings is 1. The molecule has 0 saturated heterocycles. The van der Waals surface area contributed by atoms with E-state index < -0.39 is 11.8 Å². The van der Waals surface area contributed by atoms with Gasteiger partial charge in [-0.05, 0) is 69.3 Å². The Kier molecular flexibility index (Phi) is 26.5. The number of methoxy groups -OCH3 is 1. The van der Waals surface area contributed by atoms with Gasteiger partial charge in [0.1, 0.15) is 11.5 Å². The SMILES string of the molecule is C=C/C=C(\C=C)OC.CC.CCN(C)C[C@H](CCOC1=CC=C(CCCC(=O)O)CC=C1)N(C)C=O.Oc1ccccc1F. The van der Waals surface area contributed by atoms with Gasteiger partial charge < -0.3 is 29.5 Å². The van der Waals surface area contributed by atoms with Gasteiger partial charge in [-0.15, -0.1) is 0 Å². The van der Waals surface area contributed by atoms with Crippen molar-refractivity contribution in [3.05, 3.63) is 103 Å². The second kappa shape index (κ2) is 27.7. The Morgan fingerprint density at radius 3 is 2.34 bits per heavy atom. The Morgan fingerprint density at radius 2 is 1.86 bits per heavy atom. The third-order valence-electron chi connectivity index (χ3n) is 6.13. The lowest BCUT2D eigenvalue weighted by Gasteiger charge is -2.28. The van der Waals surface area contributed by atoms with Crippen LogP contribution in [0.15, 0.2) is 97.0 Å². The predicted octanol–water partition coefficient (Wildman–Crippen LogP) is 7.27. The number of carboxylic acid groups (broad SMARTS) is 1. The summed E-state index contributed by atoms with van der Waals surface area (Å²) < 4.78 is 22.7. The van der Waals surface area contributed by atoms with Gasteiger partial charge in [-0.2, -0.15) is 0 Å². The lowest BCUT2D eigenvalue weighted by molar-refractivity contribution is -0.137. The molecule has 0 aliphatic heterocycles. The highest BCUT2D eigenvalue weighted by atomic mass is 19.1. The number of carbonyl (C=O) groups is 2. The molecule has 1 atom stereocenters. The molecule has 0 saturated carbocycles. The van der Waals surface area contributed by atoms with E-state index in [1.54, 1.807) is 43.4 Å². The van der Waals surface area contributed by atoms with Crippen LogP contribution in [0.1, 0.15) is 52.9 Å². The number of hydrogen-bond acceptors (Lipinski definition) is 6. The van der Waals surface area contributed by atoms with Crippen LogP contribution >= 0.6 is 0 Å². The molecule has 0 bridgehead atoms. The monoisotopic (exact) mass is 616 g/mol. The first-order chi connectivity index (χ1) is 21.1. The lowest BCUT2D eigenvalue weighted by Crippen LogP contribution is -2.40. The molecule has 8 nitrogen and oxygen atoms in total. The summed E-state index contributed by atoms with van der Waals surface area (Å²) in [5.41, 5.74) is 1.21. The number of amides is 1. The van der Waals surface area contributed by atoms with Crippen LogP contribution in [0.2, 0.25) is 0 Å². The molecule has 0 fully saturated rings. The number of phenols is 1. The maximum atomic E-state index is 12.1. The first-order valence-electron chi connectivity index (χ1n) is 14.8. The quantitative estimate of drug-likeness (QED) is 0.114. The van der Waals surface area contributed by atoms with Crippen molar-refractivity contribution in [2.75, 3.05) is 40.9 Å².